The highest BCUT2D eigenvalue weighted by molar-refractivity contribution is 5.83. The first kappa shape index (κ1) is 12.8. The molecule has 0 saturated carbocycles. The summed E-state index contributed by atoms with van der Waals surface area (Å²) in [6, 6.07) is 15.6. The monoisotopic (exact) mass is 239 g/mol. The molecule has 94 valence electrons. The predicted octanol–water partition coefficient (Wildman–Crippen LogP) is 4.46. The number of fused-ring (bicyclic) bond motifs is 1. The van der Waals surface area contributed by atoms with Crippen LogP contribution in [-0.4, -0.2) is 6.54 Å². The first-order valence-corrected chi connectivity index (χ1v) is 6.64. The average molecular weight is 239 g/mol. The molecule has 2 rings (SSSR count). The van der Waals surface area contributed by atoms with Crippen molar-refractivity contribution in [3.05, 3.63) is 60.2 Å². The Kier molecular flexibility index (Phi) is 4.54. The fourth-order valence-electron chi connectivity index (χ4n) is 2.14. The van der Waals surface area contributed by atoms with Gasteiger partial charge in [0.15, 0.2) is 0 Å². The summed E-state index contributed by atoms with van der Waals surface area (Å²) in [6.07, 6.45) is 5.39. The van der Waals surface area contributed by atoms with E-state index in [4.69, 9.17) is 0 Å². The van der Waals surface area contributed by atoms with E-state index in [0.717, 1.165) is 13.0 Å². The normalized spacial score (nSPS) is 13.2. The molecule has 18 heavy (non-hydrogen) atoms. The van der Waals surface area contributed by atoms with Crippen LogP contribution in [0.3, 0.4) is 0 Å². The topological polar surface area (TPSA) is 12.0 Å². The van der Waals surface area contributed by atoms with Crippen LogP contribution >= 0.6 is 0 Å². The molecule has 0 saturated heterocycles. The Balaban J connectivity index is 2.05. The van der Waals surface area contributed by atoms with Gasteiger partial charge in [0, 0.05) is 6.04 Å². The van der Waals surface area contributed by atoms with Crippen LogP contribution in [0.1, 0.15) is 31.9 Å². The van der Waals surface area contributed by atoms with Gasteiger partial charge in [-0.25, -0.2) is 0 Å². The molecular weight excluding hydrogens is 218 g/mol. The Morgan fingerprint density at radius 3 is 2.67 bits per heavy atom. The van der Waals surface area contributed by atoms with E-state index < -0.39 is 0 Å². The quantitative estimate of drug-likeness (QED) is 0.600. The molecule has 1 heteroatoms. The number of allylic oxidation sites excluding steroid dienone is 1. The minimum absolute atomic E-state index is 0.403. The maximum absolute atomic E-state index is 3.55. The first-order chi connectivity index (χ1) is 8.81. The molecule has 0 aliphatic rings. The zero-order chi connectivity index (χ0) is 12.8. The van der Waals surface area contributed by atoms with Crippen LogP contribution in [0.4, 0.5) is 0 Å². The molecule has 0 amide bonds. The number of hydrogen-bond acceptors (Lipinski definition) is 1. The summed E-state index contributed by atoms with van der Waals surface area (Å²) < 4.78 is 0. The highest BCUT2D eigenvalue weighted by Gasteiger charge is 2.04. The van der Waals surface area contributed by atoms with Crippen LogP contribution in [0, 0.1) is 0 Å². The van der Waals surface area contributed by atoms with E-state index in [0.29, 0.717) is 6.04 Å². The third-order valence-corrected chi connectivity index (χ3v) is 3.27. The van der Waals surface area contributed by atoms with Gasteiger partial charge in [0.25, 0.3) is 0 Å². The van der Waals surface area contributed by atoms with Gasteiger partial charge in [-0.1, -0.05) is 48.6 Å². The smallest absolute Gasteiger partial charge is 0.0292 e. The molecule has 0 fully saturated rings. The summed E-state index contributed by atoms with van der Waals surface area (Å²) in [6.45, 7) is 5.31. The lowest BCUT2D eigenvalue weighted by atomic mass is 10.0. The standard InChI is InChI=1S/C17H21N/c1-3-4-7-12-18-14(2)16-11-10-15-8-5-6-9-17(15)13-16/h3-6,8-11,13-14,18H,7,12H2,1-2H3/b4-3+. The van der Waals surface area contributed by atoms with Crippen LogP contribution in [0.5, 0.6) is 0 Å². The van der Waals surface area contributed by atoms with Crippen molar-refractivity contribution in [1.82, 2.24) is 5.32 Å². The number of benzene rings is 2. The van der Waals surface area contributed by atoms with Crippen molar-refractivity contribution >= 4 is 10.8 Å². The Morgan fingerprint density at radius 1 is 1.11 bits per heavy atom. The molecule has 1 nitrogen and oxygen atoms in total. The maximum atomic E-state index is 3.55. The van der Waals surface area contributed by atoms with Gasteiger partial charge < -0.3 is 5.32 Å². The van der Waals surface area contributed by atoms with Crippen molar-refractivity contribution in [2.24, 2.45) is 0 Å². The fourth-order valence-corrected chi connectivity index (χ4v) is 2.14. The maximum Gasteiger partial charge on any atom is 0.0292 e. The molecule has 2 aromatic carbocycles. The van der Waals surface area contributed by atoms with Crippen LogP contribution in [0.25, 0.3) is 10.8 Å². The third kappa shape index (κ3) is 3.21. The lowest BCUT2D eigenvalue weighted by Gasteiger charge is -2.14. The van der Waals surface area contributed by atoms with E-state index in [-0.39, 0.29) is 0 Å². The lowest BCUT2D eigenvalue weighted by Crippen LogP contribution is -2.19. The van der Waals surface area contributed by atoms with Crippen LogP contribution in [0.15, 0.2) is 54.6 Å². The summed E-state index contributed by atoms with van der Waals surface area (Å²) in [5, 5.41) is 6.17. The number of nitrogens with one attached hydrogen (secondary N) is 1. The summed E-state index contributed by atoms with van der Waals surface area (Å²) in [5.74, 6) is 0. The summed E-state index contributed by atoms with van der Waals surface area (Å²) in [4.78, 5) is 0. The van der Waals surface area contributed by atoms with Crippen LogP contribution < -0.4 is 5.32 Å². The van der Waals surface area contributed by atoms with Crippen molar-refractivity contribution in [1.29, 1.82) is 0 Å². The van der Waals surface area contributed by atoms with E-state index >= 15 is 0 Å². The Morgan fingerprint density at radius 2 is 1.89 bits per heavy atom. The second kappa shape index (κ2) is 6.36. The van der Waals surface area contributed by atoms with Crippen LogP contribution in [0.2, 0.25) is 0 Å². The second-order valence-corrected chi connectivity index (χ2v) is 4.64. The van der Waals surface area contributed by atoms with Gasteiger partial charge in [-0.3, -0.25) is 0 Å². The highest BCUT2D eigenvalue weighted by Crippen LogP contribution is 2.20. The minimum atomic E-state index is 0.403. The van der Waals surface area contributed by atoms with Gasteiger partial charge >= 0.3 is 0 Å². The van der Waals surface area contributed by atoms with E-state index in [1.54, 1.807) is 0 Å². The van der Waals surface area contributed by atoms with Gasteiger partial charge in [0.1, 0.15) is 0 Å². The highest BCUT2D eigenvalue weighted by atomic mass is 14.9. The molecule has 0 bridgehead atoms. The summed E-state index contributed by atoms with van der Waals surface area (Å²) in [7, 11) is 0. The zero-order valence-electron chi connectivity index (χ0n) is 11.2. The van der Waals surface area contributed by atoms with E-state index in [1.165, 1.54) is 16.3 Å². The zero-order valence-corrected chi connectivity index (χ0v) is 11.2. The molecule has 1 atom stereocenters. The molecule has 1 unspecified atom stereocenters. The SMILES string of the molecule is C/C=C/CCNC(C)c1ccc2ccccc2c1. The average Bonchev–Trinajstić information content (AvgIpc) is 2.43. The molecule has 2 aromatic rings. The largest absolute Gasteiger partial charge is 0.310 e. The van der Waals surface area contributed by atoms with Crippen molar-refractivity contribution in [2.45, 2.75) is 26.3 Å². The minimum Gasteiger partial charge on any atom is -0.310 e. The van der Waals surface area contributed by atoms with Crippen LogP contribution in [-0.2, 0) is 0 Å². The van der Waals surface area contributed by atoms with E-state index in [9.17, 15) is 0 Å². The first-order valence-electron chi connectivity index (χ1n) is 6.64. The Bertz CT molecular complexity index is 528. The van der Waals surface area contributed by atoms with Crippen molar-refractivity contribution in [3.63, 3.8) is 0 Å². The summed E-state index contributed by atoms with van der Waals surface area (Å²) >= 11 is 0. The van der Waals surface area contributed by atoms with E-state index in [2.05, 4.69) is 73.8 Å². The number of rotatable bonds is 5. The van der Waals surface area contributed by atoms with Crippen molar-refractivity contribution in [2.75, 3.05) is 6.54 Å². The van der Waals surface area contributed by atoms with Gasteiger partial charge in [-0.15, -0.1) is 0 Å². The number of hydrogen-bond donors (Lipinski definition) is 1. The Hall–Kier alpha value is -1.60. The second-order valence-electron chi connectivity index (χ2n) is 4.64. The molecule has 0 aliphatic carbocycles. The molecule has 1 N–H and O–H groups in total. The van der Waals surface area contributed by atoms with Gasteiger partial charge in [-0.05, 0) is 49.2 Å². The fraction of sp³-hybridized carbons (Fsp3) is 0.294. The van der Waals surface area contributed by atoms with Gasteiger partial charge in [0.2, 0.25) is 0 Å². The molecule has 0 aromatic heterocycles. The molecule has 0 heterocycles. The van der Waals surface area contributed by atoms with Gasteiger partial charge in [-0.2, -0.15) is 0 Å². The Labute approximate surface area is 110 Å². The summed E-state index contributed by atoms with van der Waals surface area (Å²) in [5.41, 5.74) is 1.36. The lowest BCUT2D eigenvalue weighted by molar-refractivity contribution is 0.581. The van der Waals surface area contributed by atoms with Crippen molar-refractivity contribution < 1.29 is 0 Å². The predicted molar refractivity (Wildman–Crippen MR) is 79.8 cm³/mol. The molecule has 0 radical (unpaired) electrons. The molecule has 0 aliphatic heterocycles. The molecular formula is C17H21N. The van der Waals surface area contributed by atoms with Gasteiger partial charge in [0.05, 0.1) is 0 Å². The third-order valence-electron chi connectivity index (χ3n) is 3.27. The molecule has 0 spiro atoms. The van der Waals surface area contributed by atoms with E-state index in [1.807, 2.05) is 0 Å². The van der Waals surface area contributed by atoms with Crippen molar-refractivity contribution in [3.8, 4) is 0 Å².